The number of hydrogen-bond acceptors (Lipinski definition) is 9. The normalized spacial score (nSPS) is 17.4. The van der Waals surface area contributed by atoms with Crippen LogP contribution in [0.2, 0.25) is 0 Å². The summed E-state index contributed by atoms with van der Waals surface area (Å²) in [7, 11) is 3.89. The van der Waals surface area contributed by atoms with Crippen molar-refractivity contribution >= 4 is 86.2 Å². The number of halogens is 4. The number of carbonyl (C=O) groups excluding carboxylic acids is 3. The molecule has 0 radical (unpaired) electrons. The van der Waals surface area contributed by atoms with Crippen molar-refractivity contribution in [3.05, 3.63) is 257 Å². The number of carbonyl (C=O) groups is 3. The molecule has 116 heavy (non-hydrogen) atoms. The van der Waals surface area contributed by atoms with Crippen LogP contribution in [0.3, 0.4) is 0 Å². The number of aromatic nitrogens is 4. The van der Waals surface area contributed by atoms with Gasteiger partial charge in [-0.3, -0.25) is 14.7 Å². The van der Waals surface area contributed by atoms with Gasteiger partial charge in [-0.1, -0.05) is 194 Å². The SMILES string of the molecule is CC(C)(C)OC(=O)n1cc(B2OC(C)(C)C(C)(C)O2)cn1.CC(C)c1cc(C(C)C)c(-c2cccc(P(C3CCCCC3)C3CCCCC3)c2)c(C(C)C)c1.Nc1ccccc1-c1[c-]cccc1.O=C1C(Cc2cccc(F)c2)CCN1c1ccc(-c2cn[nH]c2)cc1.O=C1C(Cc2cccc(F)c2)CCN1c1ccc(Br)cc1.[Cl][Pd+]. The molecule has 3 aliphatic heterocycles. The number of nitrogens with two attached hydrogens (primary N) is 1. The molecule has 8 aromatic carbocycles. The van der Waals surface area contributed by atoms with E-state index in [2.05, 4.69) is 143 Å². The Kier molecular flexibility index (Phi) is 32.9. The maximum absolute atomic E-state index is 13.3. The Labute approximate surface area is 712 Å². The predicted octanol–water partition coefficient (Wildman–Crippen LogP) is 23.9. The third kappa shape index (κ3) is 24.4. The minimum atomic E-state index is -0.562. The molecule has 2 saturated carbocycles. The van der Waals surface area contributed by atoms with Crippen LogP contribution in [0.15, 0.2) is 211 Å². The molecule has 10 aromatic rings. The number of nitrogens with zero attached hydrogens (tertiary/aromatic N) is 5. The van der Waals surface area contributed by atoms with Gasteiger partial charge < -0.3 is 29.6 Å². The minimum absolute atomic E-state index is 0.0598. The first-order chi connectivity index (χ1) is 55.5. The fraction of sp³-hybridized carbons (Fsp3) is 0.406. The van der Waals surface area contributed by atoms with Crippen LogP contribution in [-0.4, -0.2) is 86.2 Å². The molecule has 2 aromatic heterocycles. The van der Waals surface area contributed by atoms with Gasteiger partial charge in [-0.15, -0.1) is 35.9 Å². The van der Waals surface area contributed by atoms with Crippen molar-refractivity contribution < 1.29 is 55.4 Å². The first-order valence-electron chi connectivity index (χ1n) is 41.1. The number of aromatic amines is 1. The van der Waals surface area contributed by atoms with Gasteiger partial charge in [0.15, 0.2) is 0 Å². The van der Waals surface area contributed by atoms with Crippen LogP contribution < -0.4 is 26.3 Å². The van der Waals surface area contributed by atoms with Gasteiger partial charge >= 0.3 is 40.9 Å². The number of H-pyrrole nitrogens is 1. The van der Waals surface area contributed by atoms with Gasteiger partial charge in [-0.2, -0.15) is 14.9 Å². The monoisotopic (exact) mass is 1760 g/mol. The number of hydrogen-bond donors (Lipinski definition) is 2. The van der Waals surface area contributed by atoms with Gasteiger partial charge in [-0.25, -0.2) is 13.6 Å². The molecule has 20 heteroatoms. The second kappa shape index (κ2) is 42.2. The first kappa shape index (κ1) is 90.4. The van der Waals surface area contributed by atoms with Gasteiger partial charge in [0.2, 0.25) is 11.8 Å². The number of rotatable bonds is 16. The van der Waals surface area contributed by atoms with Gasteiger partial charge in [0, 0.05) is 70.4 Å². The van der Waals surface area contributed by atoms with Crippen molar-refractivity contribution in [2.45, 2.75) is 226 Å². The maximum atomic E-state index is 13.3. The second-order valence-electron chi connectivity index (χ2n) is 33.9. The van der Waals surface area contributed by atoms with Crippen molar-refractivity contribution in [2.24, 2.45) is 11.8 Å². The van der Waals surface area contributed by atoms with Crippen molar-refractivity contribution in [1.82, 2.24) is 20.0 Å². The first-order valence-corrected chi connectivity index (χ1v) is 45.4. The van der Waals surface area contributed by atoms with E-state index in [1.165, 1.54) is 99.6 Å². The number of nitrogens with one attached hydrogen (secondary N) is 1. The summed E-state index contributed by atoms with van der Waals surface area (Å²) in [4.78, 5) is 40.8. The molecule has 616 valence electrons. The summed E-state index contributed by atoms with van der Waals surface area (Å²) in [5.41, 5.74) is 23.2. The van der Waals surface area contributed by atoms with E-state index in [0.29, 0.717) is 42.6 Å². The zero-order valence-electron chi connectivity index (χ0n) is 69.6. The number of anilines is 3. The van der Waals surface area contributed by atoms with E-state index in [4.69, 9.17) is 19.8 Å². The molecule has 3 saturated heterocycles. The van der Waals surface area contributed by atoms with Crippen molar-refractivity contribution in [2.75, 3.05) is 28.6 Å². The summed E-state index contributed by atoms with van der Waals surface area (Å²) >= 11 is 5.62. The molecular weight excluding hydrogens is 1650 g/mol. The van der Waals surface area contributed by atoms with Gasteiger partial charge in [0.25, 0.3) is 0 Å². The average Bonchev–Trinajstić information content (AvgIpc) is 1.57. The Morgan fingerprint density at radius 1 is 0.638 bits per heavy atom. The summed E-state index contributed by atoms with van der Waals surface area (Å²) in [5, 5.41) is 12.5. The molecule has 0 spiro atoms. The Morgan fingerprint density at radius 2 is 1.16 bits per heavy atom. The Balaban J connectivity index is 0.000000157. The van der Waals surface area contributed by atoms with Crippen LogP contribution in [0.5, 0.6) is 0 Å². The van der Waals surface area contributed by atoms with E-state index in [9.17, 15) is 23.2 Å². The fourth-order valence-electron chi connectivity index (χ4n) is 15.8. The summed E-state index contributed by atoms with van der Waals surface area (Å²) in [6, 6.07) is 62.5. The van der Waals surface area contributed by atoms with Crippen molar-refractivity contribution in [1.29, 1.82) is 0 Å². The number of nitrogen functional groups attached to an aromatic ring is 1. The van der Waals surface area contributed by atoms with Crippen LogP contribution in [0, 0.1) is 29.5 Å². The Morgan fingerprint density at radius 3 is 1.63 bits per heavy atom. The molecule has 5 fully saturated rings. The Bertz CT molecular complexity index is 4740. The zero-order chi connectivity index (χ0) is 83.4. The summed E-state index contributed by atoms with van der Waals surface area (Å²) < 4.78 is 45.8. The number of amides is 2. The number of benzene rings is 8. The quantitative estimate of drug-likeness (QED) is 0.0416. The second-order valence-corrected chi connectivity index (χ2v) is 37.6. The van der Waals surface area contributed by atoms with Gasteiger partial charge in [-0.05, 0) is 257 Å². The summed E-state index contributed by atoms with van der Waals surface area (Å²) in [5.74, 6) is 1.23. The molecule has 2 aliphatic carbocycles. The predicted molar refractivity (Wildman–Crippen MR) is 474 cm³/mol. The van der Waals surface area contributed by atoms with Crippen LogP contribution in [0.25, 0.3) is 33.4 Å². The fourth-order valence-corrected chi connectivity index (χ4v) is 19.9. The summed E-state index contributed by atoms with van der Waals surface area (Å²) in [6.07, 6.45) is 23.7. The zero-order valence-corrected chi connectivity index (χ0v) is 74.4. The number of ether oxygens (including phenoxy) is 1. The molecular formula is C96H115BBrClF2N7O6PPd. The van der Waals surface area contributed by atoms with Crippen LogP contribution in [0.1, 0.15) is 213 Å². The molecule has 2 atom stereocenters. The van der Waals surface area contributed by atoms with Crippen LogP contribution >= 0.6 is 33.4 Å². The molecule has 3 N–H and O–H groups in total. The third-order valence-corrected chi connectivity index (χ3v) is 26.7. The van der Waals surface area contributed by atoms with E-state index < -0.39 is 30.0 Å². The molecule has 15 rings (SSSR count). The van der Waals surface area contributed by atoms with E-state index in [1.807, 2.05) is 174 Å². The van der Waals surface area contributed by atoms with Gasteiger partial charge in [0.05, 0.1) is 17.4 Å². The molecule has 2 unspecified atom stereocenters. The van der Waals surface area contributed by atoms with Crippen LogP contribution in [0.4, 0.5) is 30.6 Å². The topological polar surface area (TPSA) is 158 Å². The number of para-hydroxylation sites is 1. The van der Waals surface area contributed by atoms with Crippen LogP contribution in [-0.2, 0) is 54.7 Å². The van der Waals surface area contributed by atoms with Crippen molar-refractivity contribution in [3.63, 3.8) is 0 Å². The molecule has 5 aliphatic rings. The average molecular weight is 1760 g/mol. The summed E-state index contributed by atoms with van der Waals surface area (Å²) in [6.45, 7) is 29.0. The van der Waals surface area contributed by atoms with E-state index in [0.717, 1.165) is 90.3 Å². The third-order valence-electron chi connectivity index (χ3n) is 22.7. The van der Waals surface area contributed by atoms with Crippen molar-refractivity contribution in [3.8, 4) is 33.4 Å². The molecule has 13 nitrogen and oxygen atoms in total. The molecule has 5 heterocycles. The van der Waals surface area contributed by atoms with Gasteiger partial charge in [0.1, 0.15) is 17.2 Å². The van der Waals surface area contributed by atoms with E-state index in [1.54, 1.807) is 52.7 Å². The standard InChI is InChI=1S/C33H49P.C20H18FN3O.C17H15BrFNO.C14H23BN2O4.C12H10N.ClH.Pd/c1-23(2)27-21-31(24(3)4)33(32(22-27)25(5)6)26-14-13-19-30(20-26)34(28-15-9-7-10-16-28)29-17-11-8-12-18-29;21-18-3-1-2-14(11-18)10-16-8-9-24(20(16)25)19-6-4-15(5-7-19)17-12-22-23-13-17;18-14-4-6-16(7-5-14)20-9-8-13(17(20)21)10-12-2-1-3-15(19)11-12;1-12(2,3)19-11(18)17-9-10(8-16-17)15-20-13(4,5)14(6,7)21-15;13-12-9-5-4-8-11(12)10-6-2-1-3-7-10;;/h13-14,19-25,28-29H,7-12,15-18H2,1-6H3;1-7,11-13,16H,8-10H2,(H,22,23);1-7,11,13H,8-10H2;8-9H,1-7H3;1-6,8-9H,13H2;1H;/q;;;;-1;;+2/p-1. The van der Waals surface area contributed by atoms with E-state index >= 15 is 0 Å². The molecule has 0 bridgehead atoms. The molecule has 2 amide bonds. The Hall–Kier alpha value is -7.90. The van der Waals surface area contributed by atoms with E-state index in [-0.39, 0.29) is 43.2 Å².